The molecule has 0 spiro atoms. The predicted molar refractivity (Wildman–Crippen MR) is 73.8 cm³/mol. The number of carboxylic acid groups (broad SMARTS) is 1. The number of nitrogens with one attached hydrogen (secondary N) is 1. The Hall–Kier alpha value is -2.62. The van der Waals surface area contributed by atoms with Gasteiger partial charge in [0.1, 0.15) is 0 Å². The number of hydrogen-bond donors (Lipinski definition) is 1. The van der Waals surface area contributed by atoms with Gasteiger partial charge in [-0.25, -0.2) is 0 Å². The normalized spacial score (nSPS) is 11.7. The minimum absolute atomic E-state index is 0.415. The first kappa shape index (κ1) is 13.8. The fraction of sp³-hybridized carbons (Fsp3) is 0.125. The molecule has 0 aliphatic carbocycles. The molecule has 0 radical (unpaired) electrons. The van der Waals surface area contributed by atoms with Crippen LogP contribution >= 0.6 is 0 Å². The summed E-state index contributed by atoms with van der Waals surface area (Å²) in [5.74, 6) is -1.74. The molecule has 0 aliphatic heterocycles. The Bertz CT molecular complexity index is 605. The second-order valence-electron chi connectivity index (χ2n) is 4.46. The van der Waals surface area contributed by atoms with Crippen LogP contribution in [0.1, 0.15) is 17.3 Å². The van der Waals surface area contributed by atoms with Crippen LogP contribution in [0.2, 0.25) is 0 Å². The van der Waals surface area contributed by atoms with Crippen molar-refractivity contribution in [3.05, 3.63) is 60.2 Å². The second-order valence-corrected chi connectivity index (χ2v) is 4.46. The van der Waals surface area contributed by atoms with Crippen LogP contribution in [0.15, 0.2) is 54.6 Å². The van der Waals surface area contributed by atoms with Crippen LogP contribution < -0.4 is 10.4 Å². The highest BCUT2D eigenvalue weighted by molar-refractivity contribution is 5.96. The topological polar surface area (TPSA) is 69.2 Å². The van der Waals surface area contributed by atoms with E-state index in [-0.39, 0.29) is 0 Å². The van der Waals surface area contributed by atoms with Crippen molar-refractivity contribution in [3.8, 4) is 11.1 Å². The van der Waals surface area contributed by atoms with Gasteiger partial charge in [0.05, 0.1) is 12.0 Å². The van der Waals surface area contributed by atoms with Gasteiger partial charge < -0.3 is 15.2 Å². The van der Waals surface area contributed by atoms with E-state index >= 15 is 0 Å². The molecule has 2 rings (SSSR count). The first-order chi connectivity index (χ1) is 9.58. The van der Waals surface area contributed by atoms with E-state index in [9.17, 15) is 14.7 Å². The summed E-state index contributed by atoms with van der Waals surface area (Å²) in [6.45, 7) is 1.37. The Balaban J connectivity index is 2.12. The van der Waals surface area contributed by atoms with Crippen LogP contribution in [0.25, 0.3) is 11.1 Å². The van der Waals surface area contributed by atoms with Crippen molar-refractivity contribution in [3.63, 3.8) is 0 Å². The average Bonchev–Trinajstić information content (AvgIpc) is 2.48. The SMILES string of the molecule is C[C@@H](NC(=O)c1ccc(-c2ccccc2)cc1)C(=O)[O-]. The summed E-state index contributed by atoms with van der Waals surface area (Å²) in [5, 5.41) is 12.9. The van der Waals surface area contributed by atoms with Crippen LogP contribution in [0.5, 0.6) is 0 Å². The smallest absolute Gasteiger partial charge is 0.251 e. The molecule has 0 aliphatic rings. The van der Waals surface area contributed by atoms with Crippen LogP contribution in [0.3, 0.4) is 0 Å². The summed E-state index contributed by atoms with van der Waals surface area (Å²) in [7, 11) is 0. The zero-order valence-corrected chi connectivity index (χ0v) is 11.0. The molecule has 0 saturated heterocycles. The number of amides is 1. The number of hydrogen-bond acceptors (Lipinski definition) is 3. The summed E-state index contributed by atoms with van der Waals surface area (Å²) in [6, 6.07) is 15.7. The largest absolute Gasteiger partial charge is 0.548 e. The molecule has 1 N–H and O–H groups in total. The zero-order chi connectivity index (χ0) is 14.5. The molecule has 0 fully saturated rings. The highest BCUT2D eigenvalue weighted by atomic mass is 16.4. The van der Waals surface area contributed by atoms with E-state index < -0.39 is 17.9 Å². The van der Waals surface area contributed by atoms with Crippen molar-refractivity contribution in [2.45, 2.75) is 13.0 Å². The molecular weight excluding hydrogens is 254 g/mol. The van der Waals surface area contributed by atoms with Gasteiger partial charge in [0, 0.05) is 5.56 Å². The molecule has 0 bridgehead atoms. The molecule has 4 heteroatoms. The lowest BCUT2D eigenvalue weighted by molar-refractivity contribution is -0.307. The Morgan fingerprint density at radius 1 is 0.950 bits per heavy atom. The molecule has 20 heavy (non-hydrogen) atoms. The molecule has 1 atom stereocenters. The van der Waals surface area contributed by atoms with Crippen molar-refractivity contribution in [2.75, 3.05) is 0 Å². The predicted octanol–water partition coefficient (Wildman–Crippen LogP) is 1.22. The quantitative estimate of drug-likeness (QED) is 0.906. The third-order valence-electron chi connectivity index (χ3n) is 2.96. The number of rotatable bonds is 4. The number of carbonyl (C=O) groups excluding carboxylic acids is 2. The van der Waals surface area contributed by atoms with Crippen molar-refractivity contribution in [2.24, 2.45) is 0 Å². The zero-order valence-electron chi connectivity index (χ0n) is 11.0. The van der Waals surface area contributed by atoms with E-state index in [4.69, 9.17) is 0 Å². The summed E-state index contributed by atoms with van der Waals surface area (Å²) in [5.41, 5.74) is 2.47. The van der Waals surface area contributed by atoms with Crippen LogP contribution in [0, 0.1) is 0 Å². The molecule has 102 valence electrons. The van der Waals surface area contributed by atoms with Gasteiger partial charge in [-0.2, -0.15) is 0 Å². The fourth-order valence-corrected chi connectivity index (χ4v) is 1.78. The minimum atomic E-state index is -1.31. The molecule has 1 amide bonds. The first-order valence-corrected chi connectivity index (χ1v) is 6.25. The lowest BCUT2D eigenvalue weighted by Gasteiger charge is -2.14. The van der Waals surface area contributed by atoms with Crippen molar-refractivity contribution >= 4 is 11.9 Å². The van der Waals surface area contributed by atoms with Crippen molar-refractivity contribution in [1.82, 2.24) is 5.32 Å². The number of aliphatic carboxylic acids is 1. The van der Waals surface area contributed by atoms with Gasteiger partial charge in [-0.05, 0) is 30.2 Å². The standard InChI is InChI=1S/C16H15NO3/c1-11(16(19)20)17-15(18)14-9-7-13(8-10-14)12-5-3-2-4-6-12/h2-11H,1H3,(H,17,18)(H,19,20)/p-1/t11-/m1/s1. The summed E-state index contributed by atoms with van der Waals surface area (Å²) in [4.78, 5) is 22.4. The molecule has 2 aromatic carbocycles. The molecule has 0 unspecified atom stereocenters. The van der Waals surface area contributed by atoms with Crippen LogP contribution in [-0.4, -0.2) is 17.9 Å². The van der Waals surface area contributed by atoms with Crippen LogP contribution in [0.4, 0.5) is 0 Å². The highest BCUT2D eigenvalue weighted by Crippen LogP contribution is 2.19. The molecule has 0 saturated carbocycles. The summed E-state index contributed by atoms with van der Waals surface area (Å²) in [6.07, 6.45) is 0. The Kier molecular flexibility index (Phi) is 4.15. The maximum absolute atomic E-state index is 11.8. The second kappa shape index (κ2) is 6.02. The van der Waals surface area contributed by atoms with E-state index in [0.717, 1.165) is 11.1 Å². The molecular formula is C16H14NO3-. The number of carboxylic acids is 1. The van der Waals surface area contributed by atoms with E-state index in [0.29, 0.717) is 5.56 Å². The Labute approximate surface area is 117 Å². The van der Waals surface area contributed by atoms with Gasteiger partial charge in [0.25, 0.3) is 5.91 Å². The average molecular weight is 268 g/mol. The van der Waals surface area contributed by atoms with Gasteiger partial charge in [-0.3, -0.25) is 4.79 Å². The van der Waals surface area contributed by atoms with E-state index in [2.05, 4.69) is 5.32 Å². The number of carbonyl (C=O) groups is 2. The van der Waals surface area contributed by atoms with Crippen LogP contribution in [-0.2, 0) is 4.79 Å². The minimum Gasteiger partial charge on any atom is -0.548 e. The third kappa shape index (κ3) is 3.23. The Morgan fingerprint density at radius 3 is 2.05 bits per heavy atom. The van der Waals surface area contributed by atoms with Gasteiger partial charge in [0.2, 0.25) is 0 Å². The molecule has 0 aromatic heterocycles. The number of benzene rings is 2. The molecule has 2 aromatic rings. The highest BCUT2D eigenvalue weighted by Gasteiger charge is 2.10. The van der Waals surface area contributed by atoms with Gasteiger partial charge >= 0.3 is 0 Å². The fourth-order valence-electron chi connectivity index (χ4n) is 1.78. The van der Waals surface area contributed by atoms with Gasteiger partial charge in [0.15, 0.2) is 0 Å². The van der Waals surface area contributed by atoms with E-state index in [1.807, 2.05) is 42.5 Å². The summed E-state index contributed by atoms with van der Waals surface area (Å²) < 4.78 is 0. The molecule has 0 heterocycles. The van der Waals surface area contributed by atoms with Gasteiger partial charge in [-0.15, -0.1) is 0 Å². The summed E-state index contributed by atoms with van der Waals surface area (Å²) >= 11 is 0. The third-order valence-corrected chi connectivity index (χ3v) is 2.96. The lowest BCUT2D eigenvalue weighted by atomic mass is 10.0. The maximum atomic E-state index is 11.8. The monoisotopic (exact) mass is 268 g/mol. The van der Waals surface area contributed by atoms with E-state index in [1.165, 1.54) is 6.92 Å². The molecule has 4 nitrogen and oxygen atoms in total. The lowest BCUT2D eigenvalue weighted by Crippen LogP contribution is -2.45. The van der Waals surface area contributed by atoms with Crippen molar-refractivity contribution < 1.29 is 14.7 Å². The Morgan fingerprint density at radius 2 is 1.50 bits per heavy atom. The van der Waals surface area contributed by atoms with E-state index in [1.54, 1.807) is 12.1 Å². The maximum Gasteiger partial charge on any atom is 0.251 e. The first-order valence-electron chi connectivity index (χ1n) is 6.25. The van der Waals surface area contributed by atoms with Crippen molar-refractivity contribution in [1.29, 1.82) is 0 Å². The van der Waals surface area contributed by atoms with Gasteiger partial charge in [-0.1, -0.05) is 42.5 Å².